The fraction of sp³-hybridized carbons (Fsp3) is 0.200. The van der Waals surface area contributed by atoms with Gasteiger partial charge in [0.2, 0.25) is 0 Å². The topological polar surface area (TPSA) is 131 Å². The quantitative estimate of drug-likeness (QED) is 0.524. The van der Waals surface area contributed by atoms with Crippen LogP contribution in [0.25, 0.3) is 0 Å². The second-order valence-corrected chi connectivity index (χ2v) is 5.02. The van der Waals surface area contributed by atoms with Crippen LogP contribution in [-0.2, 0) is 0 Å². The number of anilines is 3. The number of non-ortho nitro benzene ring substituents is 2. The zero-order valence-electron chi connectivity index (χ0n) is 12.9. The lowest BCUT2D eigenvalue weighted by Gasteiger charge is -2.14. The summed E-state index contributed by atoms with van der Waals surface area (Å²) < 4.78 is 0. The van der Waals surface area contributed by atoms with Crippen LogP contribution in [0.3, 0.4) is 0 Å². The van der Waals surface area contributed by atoms with Gasteiger partial charge < -0.3 is 15.7 Å². The van der Waals surface area contributed by atoms with Gasteiger partial charge >= 0.3 is 0 Å². The summed E-state index contributed by atoms with van der Waals surface area (Å²) in [5.74, 6) is 0. The Kier molecular flexibility index (Phi) is 5.27. The Hall–Kier alpha value is -3.20. The summed E-state index contributed by atoms with van der Waals surface area (Å²) in [6, 6.07) is 8.57. The molecule has 0 amide bonds. The van der Waals surface area contributed by atoms with Crippen molar-refractivity contribution in [3.05, 3.63) is 62.2 Å². The largest absolute Gasteiger partial charge is 0.395 e. The van der Waals surface area contributed by atoms with Crippen LogP contribution >= 0.6 is 0 Å². The number of hydrogen-bond acceptors (Lipinski definition) is 7. The van der Waals surface area contributed by atoms with Crippen LogP contribution in [0.15, 0.2) is 36.4 Å². The molecule has 3 N–H and O–H groups in total. The molecule has 2 aromatic carbocycles. The SMILES string of the molecule is Cc1cc([N+](=O)[O-])ccc1Nc1cc([N+](=O)[O-])ccc1NCCO. The summed E-state index contributed by atoms with van der Waals surface area (Å²) >= 11 is 0. The van der Waals surface area contributed by atoms with Gasteiger partial charge in [-0.05, 0) is 24.6 Å². The number of rotatable bonds is 7. The van der Waals surface area contributed by atoms with Crippen molar-refractivity contribution in [1.82, 2.24) is 0 Å². The Bertz CT molecular complexity index is 778. The van der Waals surface area contributed by atoms with E-state index in [0.29, 0.717) is 22.6 Å². The van der Waals surface area contributed by atoms with E-state index in [2.05, 4.69) is 10.6 Å². The molecule has 0 saturated heterocycles. The first-order valence-electron chi connectivity index (χ1n) is 7.07. The third-order valence-electron chi connectivity index (χ3n) is 3.33. The maximum Gasteiger partial charge on any atom is 0.271 e. The number of hydrogen-bond donors (Lipinski definition) is 3. The average molecular weight is 332 g/mol. The summed E-state index contributed by atoms with van der Waals surface area (Å²) in [6.07, 6.45) is 0. The summed E-state index contributed by atoms with van der Waals surface area (Å²) in [6.45, 7) is 1.90. The Balaban J connectivity index is 2.37. The Morgan fingerprint density at radius 3 is 2.08 bits per heavy atom. The van der Waals surface area contributed by atoms with Crippen LogP contribution in [0.5, 0.6) is 0 Å². The van der Waals surface area contributed by atoms with Crippen molar-refractivity contribution in [3.63, 3.8) is 0 Å². The van der Waals surface area contributed by atoms with E-state index in [1.54, 1.807) is 13.0 Å². The molecule has 9 nitrogen and oxygen atoms in total. The van der Waals surface area contributed by atoms with Gasteiger partial charge in [-0.15, -0.1) is 0 Å². The number of nitro benzene ring substituents is 2. The molecule has 2 aromatic rings. The number of aliphatic hydroxyl groups is 1. The molecule has 126 valence electrons. The molecule has 0 unspecified atom stereocenters. The summed E-state index contributed by atoms with van der Waals surface area (Å²) in [4.78, 5) is 20.8. The first-order valence-corrected chi connectivity index (χ1v) is 7.07. The third-order valence-corrected chi connectivity index (χ3v) is 3.33. The molecular weight excluding hydrogens is 316 g/mol. The normalized spacial score (nSPS) is 10.2. The highest BCUT2D eigenvalue weighted by molar-refractivity contribution is 5.78. The number of benzene rings is 2. The van der Waals surface area contributed by atoms with Crippen LogP contribution in [0.1, 0.15) is 5.56 Å². The minimum absolute atomic E-state index is 0.0317. The zero-order valence-corrected chi connectivity index (χ0v) is 12.9. The third kappa shape index (κ3) is 3.96. The molecule has 9 heteroatoms. The fourth-order valence-corrected chi connectivity index (χ4v) is 2.14. The second kappa shape index (κ2) is 7.38. The highest BCUT2D eigenvalue weighted by Crippen LogP contribution is 2.32. The molecule has 0 fully saturated rings. The van der Waals surface area contributed by atoms with Gasteiger partial charge in [-0.1, -0.05) is 0 Å². The highest BCUT2D eigenvalue weighted by atomic mass is 16.6. The molecule has 0 atom stereocenters. The van der Waals surface area contributed by atoms with Crippen molar-refractivity contribution in [3.8, 4) is 0 Å². The van der Waals surface area contributed by atoms with E-state index in [0.717, 1.165) is 0 Å². The second-order valence-electron chi connectivity index (χ2n) is 5.02. The van der Waals surface area contributed by atoms with Gasteiger partial charge in [0.1, 0.15) is 0 Å². The molecule has 2 rings (SSSR count). The maximum atomic E-state index is 11.0. The molecule has 0 spiro atoms. The molecule has 0 aliphatic heterocycles. The summed E-state index contributed by atoms with van der Waals surface area (Å²) in [5.41, 5.74) is 2.11. The van der Waals surface area contributed by atoms with Gasteiger partial charge in [0.25, 0.3) is 11.4 Å². The molecular formula is C15H16N4O5. The lowest BCUT2D eigenvalue weighted by molar-refractivity contribution is -0.385. The molecule has 24 heavy (non-hydrogen) atoms. The van der Waals surface area contributed by atoms with E-state index >= 15 is 0 Å². The molecule has 0 radical (unpaired) electrons. The predicted molar refractivity (Wildman–Crippen MR) is 89.8 cm³/mol. The highest BCUT2D eigenvalue weighted by Gasteiger charge is 2.13. The van der Waals surface area contributed by atoms with Crippen LogP contribution in [0.4, 0.5) is 28.4 Å². The first-order chi connectivity index (χ1) is 11.4. The van der Waals surface area contributed by atoms with E-state index < -0.39 is 9.85 Å². The smallest absolute Gasteiger partial charge is 0.271 e. The number of nitrogens with zero attached hydrogens (tertiary/aromatic N) is 2. The molecule has 0 bridgehead atoms. The summed E-state index contributed by atoms with van der Waals surface area (Å²) in [7, 11) is 0. The molecule has 0 aliphatic rings. The number of aliphatic hydroxyl groups excluding tert-OH is 1. The van der Waals surface area contributed by atoms with Crippen molar-refractivity contribution in [2.45, 2.75) is 6.92 Å². The monoisotopic (exact) mass is 332 g/mol. The van der Waals surface area contributed by atoms with E-state index in [-0.39, 0.29) is 24.5 Å². The lowest BCUT2D eigenvalue weighted by atomic mass is 10.1. The van der Waals surface area contributed by atoms with Crippen LogP contribution in [0, 0.1) is 27.2 Å². The van der Waals surface area contributed by atoms with Crippen LogP contribution in [-0.4, -0.2) is 28.1 Å². The fourth-order valence-electron chi connectivity index (χ4n) is 2.14. The lowest BCUT2D eigenvalue weighted by Crippen LogP contribution is -2.08. The van der Waals surface area contributed by atoms with Crippen molar-refractivity contribution < 1.29 is 15.0 Å². The standard InChI is InChI=1S/C15H16N4O5/c1-10-8-11(18(21)22)2-4-13(10)17-15-9-12(19(23)24)3-5-14(15)16-6-7-20/h2-5,8-9,16-17,20H,6-7H2,1H3. The van der Waals surface area contributed by atoms with E-state index in [1.807, 2.05) is 0 Å². The number of nitro groups is 2. The van der Waals surface area contributed by atoms with E-state index in [1.165, 1.54) is 30.3 Å². The van der Waals surface area contributed by atoms with Gasteiger partial charge in [-0.2, -0.15) is 0 Å². The minimum atomic E-state index is -0.510. The minimum Gasteiger partial charge on any atom is -0.395 e. The summed E-state index contributed by atoms with van der Waals surface area (Å²) in [5, 5.41) is 36.7. The maximum absolute atomic E-state index is 11.0. The van der Waals surface area contributed by atoms with Gasteiger partial charge in [0.15, 0.2) is 0 Å². The van der Waals surface area contributed by atoms with Gasteiger partial charge in [-0.25, -0.2) is 0 Å². The van der Waals surface area contributed by atoms with Gasteiger partial charge in [0.05, 0.1) is 27.8 Å². The van der Waals surface area contributed by atoms with Crippen molar-refractivity contribution in [2.24, 2.45) is 0 Å². The first kappa shape index (κ1) is 17.2. The average Bonchev–Trinajstić information content (AvgIpc) is 2.55. The van der Waals surface area contributed by atoms with Crippen molar-refractivity contribution in [2.75, 3.05) is 23.8 Å². The Morgan fingerprint density at radius 1 is 0.958 bits per heavy atom. The predicted octanol–water partition coefficient (Wildman–Crippen LogP) is 2.96. The van der Waals surface area contributed by atoms with Crippen molar-refractivity contribution in [1.29, 1.82) is 0 Å². The molecule has 0 aliphatic carbocycles. The molecule has 0 heterocycles. The van der Waals surface area contributed by atoms with Gasteiger partial charge in [0, 0.05) is 36.5 Å². The zero-order chi connectivity index (χ0) is 17.7. The van der Waals surface area contributed by atoms with E-state index in [4.69, 9.17) is 5.11 Å². The Morgan fingerprint density at radius 2 is 1.54 bits per heavy atom. The van der Waals surface area contributed by atoms with Gasteiger partial charge in [-0.3, -0.25) is 20.2 Å². The molecule has 0 aromatic heterocycles. The van der Waals surface area contributed by atoms with E-state index in [9.17, 15) is 20.2 Å². The Labute approximate surface area is 137 Å². The van der Waals surface area contributed by atoms with Crippen molar-refractivity contribution >= 4 is 28.4 Å². The van der Waals surface area contributed by atoms with Crippen LogP contribution in [0.2, 0.25) is 0 Å². The van der Waals surface area contributed by atoms with Crippen LogP contribution < -0.4 is 10.6 Å². The number of aryl methyl sites for hydroxylation is 1. The molecule has 0 saturated carbocycles. The number of nitrogens with one attached hydrogen (secondary N) is 2.